The van der Waals surface area contributed by atoms with Crippen molar-refractivity contribution in [2.45, 2.75) is 39.3 Å². The van der Waals surface area contributed by atoms with Gasteiger partial charge in [-0.05, 0) is 45.8 Å². The summed E-state index contributed by atoms with van der Waals surface area (Å²) < 4.78 is 0. The van der Waals surface area contributed by atoms with Crippen molar-refractivity contribution in [3.63, 3.8) is 0 Å². The van der Waals surface area contributed by atoms with Crippen molar-refractivity contribution in [2.75, 3.05) is 20.1 Å². The molecular weight excluding hydrogens is 208 g/mol. The van der Waals surface area contributed by atoms with Crippen LogP contribution in [0.25, 0.3) is 0 Å². The molecule has 0 spiro atoms. The summed E-state index contributed by atoms with van der Waals surface area (Å²) in [7, 11) is 2.25. The van der Waals surface area contributed by atoms with Crippen LogP contribution in [0, 0.1) is 13.8 Å². The zero-order valence-corrected chi connectivity index (χ0v) is 11.3. The van der Waals surface area contributed by atoms with Crippen molar-refractivity contribution < 1.29 is 0 Å². The van der Waals surface area contributed by atoms with Crippen LogP contribution >= 0.6 is 0 Å². The normalized spacial score (nSPS) is 20.8. The first-order chi connectivity index (χ1) is 8.15. The highest BCUT2D eigenvalue weighted by Gasteiger charge is 2.17. The molecule has 1 aliphatic heterocycles. The summed E-state index contributed by atoms with van der Waals surface area (Å²) >= 11 is 0. The van der Waals surface area contributed by atoms with Gasteiger partial charge in [-0.15, -0.1) is 0 Å². The molecule has 1 aromatic carbocycles. The molecule has 17 heavy (non-hydrogen) atoms. The van der Waals surface area contributed by atoms with Crippen molar-refractivity contribution in [3.05, 3.63) is 34.9 Å². The van der Waals surface area contributed by atoms with Crippen LogP contribution < -0.4 is 5.32 Å². The first kappa shape index (κ1) is 12.6. The first-order valence-corrected chi connectivity index (χ1v) is 6.63. The zero-order valence-electron chi connectivity index (χ0n) is 11.3. The van der Waals surface area contributed by atoms with E-state index >= 15 is 0 Å². The maximum absolute atomic E-state index is 3.48. The van der Waals surface area contributed by atoms with Crippen molar-refractivity contribution in [2.24, 2.45) is 0 Å². The van der Waals surface area contributed by atoms with Crippen LogP contribution in [0.5, 0.6) is 0 Å². The Morgan fingerprint density at radius 2 is 1.94 bits per heavy atom. The lowest BCUT2D eigenvalue weighted by Crippen LogP contribution is -2.43. The van der Waals surface area contributed by atoms with Crippen LogP contribution in [-0.2, 0) is 6.54 Å². The molecule has 0 aliphatic carbocycles. The van der Waals surface area contributed by atoms with Crippen LogP contribution in [0.2, 0.25) is 0 Å². The molecule has 1 aromatic rings. The number of piperidine rings is 1. The highest BCUT2D eigenvalue weighted by Crippen LogP contribution is 2.15. The molecule has 2 rings (SSSR count). The molecule has 0 saturated carbocycles. The quantitative estimate of drug-likeness (QED) is 0.861. The third-order valence-electron chi connectivity index (χ3n) is 3.61. The minimum absolute atomic E-state index is 0.699. The van der Waals surface area contributed by atoms with Crippen LogP contribution in [0.15, 0.2) is 18.2 Å². The van der Waals surface area contributed by atoms with Gasteiger partial charge < -0.3 is 5.32 Å². The van der Waals surface area contributed by atoms with Gasteiger partial charge in [-0.25, -0.2) is 0 Å². The maximum atomic E-state index is 3.48. The second-order valence-corrected chi connectivity index (χ2v) is 5.41. The molecule has 1 unspecified atom stereocenters. The van der Waals surface area contributed by atoms with Crippen LogP contribution in [-0.4, -0.2) is 31.1 Å². The van der Waals surface area contributed by atoms with Crippen LogP contribution in [0.1, 0.15) is 29.5 Å². The van der Waals surface area contributed by atoms with E-state index < -0.39 is 0 Å². The Morgan fingerprint density at radius 1 is 1.24 bits per heavy atom. The van der Waals surface area contributed by atoms with E-state index in [1.807, 2.05) is 0 Å². The lowest BCUT2D eigenvalue weighted by atomic mass is 10.0. The van der Waals surface area contributed by atoms with Gasteiger partial charge in [0.1, 0.15) is 0 Å². The summed E-state index contributed by atoms with van der Waals surface area (Å²) in [5.74, 6) is 0. The van der Waals surface area contributed by atoms with Crippen LogP contribution in [0.4, 0.5) is 0 Å². The SMILES string of the molecule is Cc1cc(C)cc(CN(C)C2CCCNC2)c1. The Balaban J connectivity index is 1.99. The van der Waals surface area contributed by atoms with Crippen molar-refractivity contribution in [1.82, 2.24) is 10.2 Å². The molecular formula is C15H24N2. The fourth-order valence-electron chi connectivity index (χ4n) is 2.79. The molecule has 1 saturated heterocycles. The summed E-state index contributed by atoms with van der Waals surface area (Å²) in [6.45, 7) is 7.75. The smallest absolute Gasteiger partial charge is 0.0234 e. The Hall–Kier alpha value is -0.860. The molecule has 0 bridgehead atoms. The number of benzene rings is 1. The predicted molar refractivity (Wildman–Crippen MR) is 73.3 cm³/mol. The number of hydrogen-bond acceptors (Lipinski definition) is 2. The molecule has 1 aliphatic rings. The van der Waals surface area contributed by atoms with E-state index in [-0.39, 0.29) is 0 Å². The second kappa shape index (κ2) is 5.65. The van der Waals surface area contributed by atoms with E-state index in [1.165, 1.54) is 36.1 Å². The zero-order chi connectivity index (χ0) is 12.3. The number of nitrogens with zero attached hydrogens (tertiary/aromatic N) is 1. The van der Waals surface area contributed by atoms with Gasteiger partial charge >= 0.3 is 0 Å². The Morgan fingerprint density at radius 3 is 2.53 bits per heavy atom. The number of hydrogen-bond donors (Lipinski definition) is 1. The number of nitrogens with one attached hydrogen (secondary N) is 1. The van der Waals surface area contributed by atoms with E-state index in [0.717, 1.165) is 13.1 Å². The van der Waals surface area contributed by atoms with Gasteiger partial charge in [0, 0.05) is 19.1 Å². The fourth-order valence-corrected chi connectivity index (χ4v) is 2.79. The van der Waals surface area contributed by atoms with Gasteiger partial charge in [0.15, 0.2) is 0 Å². The molecule has 1 fully saturated rings. The average molecular weight is 232 g/mol. The lowest BCUT2D eigenvalue weighted by Gasteiger charge is -2.31. The molecule has 0 radical (unpaired) electrons. The standard InChI is InChI=1S/C15H24N2/c1-12-7-13(2)9-14(8-12)11-17(3)15-5-4-6-16-10-15/h7-9,15-16H,4-6,10-11H2,1-3H3. The largest absolute Gasteiger partial charge is 0.315 e. The van der Waals surface area contributed by atoms with Gasteiger partial charge in [0.05, 0.1) is 0 Å². The van der Waals surface area contributed by atoms with E-state index in [1.54, 1.807) is 0 Å². The lowest BCUT2D eigenvalue weighted by molar-refractivity contribution is 0.196. The van der Waals surface area contributed by atoms with E-state index in [0.29, 0.717) is 6.04 Å². The molecule has 2 nitrogen and oxygen atoms in total. The Labute approximate surface area is 105 Å². The molecule has 1 atom stereocenters. The summed E-state index contributed by atoms with van der Waals surface area (Å²) in [6, 6.07) is 7.55. The van der Waals surface area contributed by atoms with Gasteiger partial charge in [0.2, 0.25) is 0 Å². The molecule has 0 amide bonds. The third-order valence-corrected chi connectivity index (χ3v) is 3.61. The van der Waals surface area contributed by atoms with Gasteiger partial charge in [-0.3, -0.25) is 4.90 Å². The monoisotopic (exact) mass is 232 g/mol. The second-order valence-electron chi connectivity index (χ2n) is 5.41. The summed E-state index contributed by atoms with van der Waals surface area (Å²) in [5, 5.41) is 3.48. The minimum Gasteiger partial charge on any atom is -0.315 e. The van der Waals surface area contributed by atoms with Gasteiger partial charge in [-0.2, -0.15) is 0 Å². The Bertz CT molecular complexity index is 347. The van der Waals surface area contributed by atoms with E-state index in [2.05, 4.69) is 49.3 Å². The van der Waals surface area contributed by atoms with E-state index in [4.69, 9.17) is 0 Å². The Kier molecular flexibility index (Phi) is 4.19. The third kappa shape index (κ3) is 3.55. The summed E-state index contributed by atoms with van der Waals surface area (Å²) in [5.41, 5.74) is 4.18. The number of likely N-dealkylation sites (N-methyl/N-ethyl adjacent to an activating group) is 1. The molecule has 1 heterocycles. The van der Waals surface area contributed by atoms with Crippen LogP contribution in [0.3, 0.4) is 0 Å². The highest BCUT2D eigenvalue weighted by molar-refractivity contribution is 5.28. The topological polar surface area (TPSA) is 15.3 Å². The van der Waals surface area contributed by atoms with Crippen molar-refractivity contribution >= 4 is 0 Å². The molecule has 1 N–H and O–H groups in total. The number of aryl methyl sites for hydroxylation is 2. The summed E-state index contributed by atoms with van der Waals surface area (Å²) in [4.78, 5) is 2.49. The highest BCUT2D eigenvalue weighted by atomic mass is 15.2. The van der Waals surface area contributed by atoms with Gasteiger partial charge in [0.25, 0.3) is 0 Å². The molecule has 2 heteroatoms. The summed E-state index contributed by atoms with van der Waals surface area (Å²) in [6.07, 6.45) is 2.64. The van der Waals surface area contributed by atoms with Crippen molar-refractivity contribution in [1.29, 1.82) is 0 Å². The average Bonchev–Trinajstić information content (AvgIpc) is 2.28. The first-order valence-electron chi connectivity index (χ1n) is 6.63. The molecule has 0 aromatic heterocycles. The van der Waals surface area contributed by atoms with Gasteiger partial charge in [-0.1, -0.05) is 29.3 Å². The van der Waals surface area contributed by atoms with Crippen molar-refractivity contribution in [3.8, 4) is 0 Å². The predicted octanol–water partition coefficient (Wildman–Crippen LogP) is 2.49. The number of rotatable bonds is 3. The molecule has 94 valence electrons. The van der Waals surface area contributed by atoms with E-state index in [9.17, 15) is 0 Å². The fraction of sp³-hybridized carbons (Fsp3) is 0.600. The minimum atomic E-state index is 0.699. The maximum Gasteiger partial charge on any atom is 0.0234 e.